The van der Waals surface area contributed by atoms with Gasteiger partial charge in [-0.3, -0.25) is 9.48 Å². The van der Waals surface area contributed by atoms with Gasteiger partial charge in [-0.1, -0.05) is 60.7 Å². The summed E-state index contributed by atoms with van der Waals surface area (Å²) in [6.07, 6.45) is 3.48. The van der Waals surface area contributed by atoms with Crippen LogP contribution >= 0.6 is 0 Å². The Morgan fingerprint density at radius 2 is 1.65 bits per heavy atom. The number of hydrogen-bond acceptors (Lipinski definition) is 5. The average molecular weight is 490 g/mol. The Hall–Kier alpha value is -4.67. The van der Waals surface area contributed by atoms with E-state index >= 15 is 0 Å². The third kappa shape index (κ3) is 5.95. The molecule has 7 heteroatoms. The van der Waals surface area contributed by atoms with Crippen molar-refractivity contribution in [3.63, 3.8) is 0 Å². The normalized spacial score (nSPS) is 13.7. The van der Waals surface area contributed by atoms with Crippen LogP contribution in [0.1, 0.15) is 11.1 Å². The van der Waals surface area contributed by atoms with Crippen LogP contribution in [0.5, 0.6) is 0 Å². The molecule has 1 aliphatic heterocycles. The predicted molar refractivity (Wildman–Crippen MR) is 145 cm³/mol. The highest BCUT2D eigenvalue weighted by Gasteiger charge is 2.16. The van der Waals surface area contributed by atoms with E-state index in [9.17, 15) is 10.1 Å². The Kier molecular flexibility index (Phi) is 7.39. The Bertz CT molecular complexity index is 1410. The number of nitrogens with one attached hydrogen (secondary N) is 1. The van der Waals surface area contributed by atoms with Crippen LogP contribution in [-0.4, -0.2) is 42.0 Å². The molecule has 37 heavy (non-hydrogen) atoms. The summed E-state index contributed by atoms with van der Waals surface area (Å²) < 4.78 is 7.25. The zero-order valence-electron chi connectivity index (χ0n) is 20.4. The lowest BCUT2D eigenvalue weighted by atomic mass is 10.1. The van der Waals surface area contributed by atoms with Crippen molar-refractivity contribution in [2.45, 2.75) is 6.54 Å². The number of amides is 1. The summed E-state index contributed by atoms with van der Waals surface area (Å²) >= 11 is 0. The lowest BCUT2D eigenvalue weighted by Crippen LogP contribution is -2.36. The van der Waals surface area contributed by atoms with E-state index in [4.69, 9.17) is 9.84 Å². The molecule has 0 spiro atoms. The smallest absolute Gasteiger partial charge is 0.266 e. The van der Waals surface area contributed by atoms with Crippen molar-refractivity contribution >= 4 is 23.4 Å². The minimum absolute atomic E-state index is 0.00805. The fourth-order valence-electron chi connectivity index (χ4n) is 4.29. The second kappa shape index (κ2) is 11.4. The van der Waals surface area contributed by atoms with Crippen LogP contribution in [0.3, 0.4) is 0 Å². The molecule has 1 aliphatic rings. The maximum atomic E-state index is 13.0. The summed E-state index contributed by atoms with van der Waals surface area (Å²) in [5.74, 6) is -0.462. The number of rotatable bonds is 7. The minimum Gasteiger partial charge on any atom is -0.378 e. The third-order valence-electron chi connectivity index (χ3n) is 6.19. The minimum atomic E-state index is -0.462. The van der Waals surface area contributed by atoms with Crippen LogP contribution < -0.4 is 10.2 Å². The molecular formula is C30H27N5O2. The highest BCUT2D eigenvalue weighted by Crippen LogP contribution is 2.25. The molecule has 1 amide bonds. The van der Waals surface area contributed by atoms with E-state index in [2.05, 4.69) is 16.3 Å². The summed E-state index contributed by atoms with van der Waals surface area (Å²) in [4.78, 5) is 15.3. The second-order valence-corrected chi connectivity index (χ2v) is 8.75. The number of nitrogens with zero attached hydrogens (tertiary/aromatic N) is 4. The largest absolute Gasteiger partial charge is 0.378 e. The van der Waals surface area contributed by atoms with Gasteiger partial charge in [-0.05, 0) is 35.9 Å². The average Bonchev–Trinajstić information content (AvgIpc) is 3.35. The number of ether oxygens (including phenoxy) is 1. The van der Waals surface area contributed by atoms with Gasteiger partial charge in [0.05, 0.1) is 25.5 Å². The van der Waals surface area contributed by atoms with Gasteiger partial charge in [0.25, 0.3) is 5.91 Å². The number of hydrogen-bond donors (Lipinski definition) is 1. The van der Waals surface area contributed by atoms with Gasteiger partial charge in [-0.2, -0.15) is 10.4 Å². The van der Waals surface area contributed by atoms with Crippen molar-refractivity contribution in [1.82, 2.24) is 9.78 Å². The molecule has 0 aliphatic carbocycles. The van der Waals surface area contributed by atoms with E-state index in [1.54, 1.807) is 6.08 Å². The number of aromatic nitrogens is 2. The second-order valence-electron chi connectivity index (χ2n) is 8.75. The first-order chi connectivity index (χ1) is 18.2. The molecule has 184 valence electrons. The predicted octanol–water partition coefficient (Wildman–Crippen LogP) is 4.98. The summed E-state index contributed by atoms with van der Waals surface area (Å²) in [6.45, 7) is 3.69. The molecule has 3 aromatic carbocycles. The van der Waals surface area contributed by atoms with E-state index in [-0.39, 0.29) is 5.57 Å². The zero-order chi connectivity index (χ0) is 25.5. The molecule has 4 aromatic rings. The first-order valence-electron chi connectivity index (χ1n) is 12.2. The maximum absolute atomic E-state index is 13.0. The number of carbonyl (C=O) groups excluding carboxylic acids is 1. The fourth-order valence-corrected chi connectivity index (χ4v) is 4.29. The van der Waals surface area contributed by atoms with E-state index in [1.165, 1.54) is 0 Å². The van der Waals surface area contributed by atoms with Crippen LogP contribution in [-0.2, 0) is 16.1 Å². The van der Waals surface area contributed by atoms with Gasteiger partial charge in [0.1, 0.15) is 11.6 Å². The van der Waals surface area contributed by atoms with Crippen molar-refractivity contribution in [3.05, 3.63) is 108 Å². The molecular weight excluding hydrogens is 462 g/mol. The molecule has 1 N–H and O–H groups in total. The Balaban J connectivity index is 1.38. The molecule has 2 heterocycles. The van der Waals surface area contributed by atoms with Crippen molar-refractivity contribution in [3.8, 4) is 17.3 Å². The number of nitriles is 1. The van der Waals surface area contributed by atoms with Crippen LogP contribution in [0.2, 0.25) is 0 Å². The van der Waals surface area contributed by atoms with E-state index < -0.39 is 5.91 Å². The van der Waals surface area contributed by atoms with E-state index in [0.29, 0.717) is 36.7 Å². The molecule has 0 saturated carbocycles. The quantitative estimate of drug-likeness (QED) is 0.292. The Morgan fingerprint density at radius 1 is 0.973 bits per heavy atom. The first kappa shape index (κ1) is 24.0. The van der Waals surface area contributed by atoms with E-state index in [1.807, 2.05) is 95.8 Å². The molecule has 7 nitrogen and oxygen atoms in total. The van der Waals surface area contributed by atoms with Crippen LogP contribution in [0.4, 0.5) is 11.4 Å². The fraction of sp³-hybridized carbons (Fsp3) is 0.167. The Labute approximate surface area is 216 Å². The van der Waals surface area contributed by atoms with Crippen LogP contribution in [0.15, 0.2) is 96.7 Å². The van der Waals surface area contributed by atoms with Gasteiger partial charge < -0.3 is 15.0 Å². The lowest BCUT2D eigenvalue weighted by Gasteiger charge is -2.28. The molecule has 0 unspecified atom stereocenters. The molecule has 0 bridgehead atoms. The molecule has 0 radical (unpaired) electrons. The number of morpholine rings is 1. The van der Waals surface area contributed by atoms with Crippen molar-refractivity contribution in [2.24, 2.45) is 0 Å². The molecule has 1 aromatic heterocycles. The summed E-state index contributed by atoms with van der Waals surface area (Å²) in [6, 6.07) is 29.5. The van der Waals surface area contributed by atoms with Crippen molar-refractivity contribution in [2.75, 3.05) is 36.5 Å². The van der Waals surface area contributed by atoms with Gasteiger partial charge >= 0.3 is 0 Å². The summed E-state index contributed by atoms with van der Waals surface area (Å²) in [5.41, 5.74) is 5.16. The van der Waals surface area contributed by atoms with Crippen molar-refractivity contribution in [1.29, 1.82) is 5.26 Å². The number of carbonyl (C=O) groups is 1. The summed E-state index contributed by atoms with van der Waals surface area (Å²) in [7, 11) is 0. The van der Waals surface area contributed by atoms with Crippen LogP contribution in [0, 0.1) is 11.3 Å². The standard InChI is InChI=1S/C30H27N5O2/c31-20-25(30(36)32-27-11-13-28(14-12-27)34-15-17-37-18-16-34)19-26-22-35(21-23-7-3-1-4-8-23)33-29(26)24-9-5-2-6-10-24/h1-14,19,22H,15-18,21H2,(H,32,36)/b25-19+. The van der Waals surface area contributed by atoms with Crippen LogP contribution in [0.25, 0.3) is 17.3 Å². The summed E-state index contributed by atoms with van der Waals surface area (Å²) in [5, 5.41) is 17.5. The SMILES string of the molecule is N#C/C(=C\c1cn(Cc2ccccc2)nc1-c1ccccc1)C(=O)Nc1ccc(N2CCOCC2)cc1. The van der Waals surface area contributed by atoms with Gasteiger partial charge in [0, 0.05) is 41.8 Å². The number of benzene rings is 3. The van der Waals surface area contributed by atoms with Gasteiger partial charge in [-0.25, -0.2) is 0 Å². The van der Waals surface area contributed by atoms with Gasteiger partial charge in [0.2, 0.25) is 0 Å². The third-order valence-corrected chi connectivity index (χ3v) is 6.19. The number of anilines is 2. The first-order valence-corrected chi connectivity index (χ1v) is 12.2. The van der Waals surface area contributed by atoms with Crippen molar-refractivity contribution < 1.29 is 9.53 Å². The lowest BCUT2D eigenvalue weighted by molar-refractivity contribution is -0.112. The molecule has 1 fully saturated rings. The molecule has 5 rings (SSSR count). The maximum Gasteiger partial charge on any atom is 0.266 e. The van der Waals surface area contributed by atoms with Gasteiger partial charge in [0.15, 0.2) is 0 Å². The van der Waals surface area contributed by atoms with E-state index in [0.717, 1.165) is 29.9 Å². The molecule has 0 atom stereocenters. The highest BCUT2D eigenvalue weighted by molar-refractivity contribution is 6.10. The monoisotopic (exact) mass is 489 g/mol. The Morgan fingerprint density at radius 3 is 2.32 bits per heavy atom. The van der Waals surface area contributed by atoms with Gasteiger partial charge in [-0.15, -0.1) is 0 Å². The highest BCUT2D eigenvalue weighted by atomic mass is 16.5. The topological polar surface area (TPSA) is 83.2 Å². The zero-order valence-corrected chi connectivity index (χ0v) is 20.4. The molecule has 1 saturated heterocycles.